The number of hydrogen-bond donors (Lipinski definition) is 1. The van der Waals surface area contributed by atoms with Crippen LogP contribution in [0.5, 0.6) is 5.75 Å². The molecule has 0 bridgehead atoms. The van der Waals surface area contributed by atoms with Crippen LogP contribution in [0, 0.1) is 0 Å². The number of rotatable bonds is 5. The first-order valence-corrected chi connectivity index (χ1v) is 6.72. The predicted octanol–water partition coefficient (Wildman–Crippen LogP) is 4.05. The molecule has 0 spiro atoms. The summed E-state index contributed by atoms with van der Waals surface area (Å²) >= 11 is 6.15. The summed E-state index contributed by atoms with van der Waals surface area (Å²) in [5.41, 5.74) is 1.95. The maximum atomic E-state index is 10.6. The molecule has 0 fully saturated rings. The van der Waals surface area contributed by atoms with E-state index in [-0.39, 0.29) is 11.8 Å². The molecule has 1 rings (SSSR count). The smallest absolute Gasteiger partial charge is 0.303 e. The first-order chi connectivity index (χ1) is 8.75. The summed E-state index contributed by atoms with van der Waals surface area (Å²) in [6.07, 6.45) is 1.38. The van der Waals surface area contributed by atoms with Crippen molar-refractivity contribution < 1.29 is 14.6 Å². The van der Waals surface area contributed by atoms with Crippen LogP contribution in [0.25, 0.3) is 0 Å². The molecule has 1 aromatic rings. The van der Waals surface area contributed by atoms with Crippen molar-refractivity contribution in [2.24, 2.45) is 0 Å². The van der Waals surface area contributed by atoms with Crippen molar-refractivity contribution in [2.75, 3.05) is 7.11 Å². The van der Waals surface area contributed by atoms with Gasteiger partial charge in [-0.25, -0.2) is 0 Å². The number of aryl methyl sites for hydroxylation is 1. The average Bonchev–Trinajstić information content (AvgIpc) is 2.26. The summed E-state index contributed by atoms with van der Waals surface area (Å²) in [5, 5.41) is 9.36. The third-order valence-electron chi connectivity index (χ3n) is 2.98. The summed E-state index contributed by atoms with van der Waals surface area (Å²) in [6, 6.07) is 3.78. The van der Waals surface area contributed by atoms with E-state index in [1.807, 2.05) is 12.1 Å². The lowest BCUT2D eigenvalue weighted by atomic mass is 9.84. The third kappa shape index (κ3) is 4.43. The summed E-state index contributed by atoms with van der Waals surface area (Å²) in [7, 11) is 1.64. The molecular formula is C15H21ClO3. The van der Waals surface area contributed by atoms with E-state index in [4.69, 9.17) is 21.4 Å². The third-order valence-corrected chi connectivity index (χ3v) is 3.20. The Morgan fingerprint density at radius 3 is 2.47 bits per heavy atom. The van der Waals surface area contributed by atoms with E-state index in [9.17, 15) is 4.79 Å². The van der Waals surface area contributed by atoms with E-state index >= 15 is 0 Å². The molecule has 4 heteroatoms. The normalized spacial score (nSPS) is 11.4. The first-order valence-electron chi connectivity index (χ1n) is 6.34. The predicted molar refractivity (Wildman–Crippen MR) is 77.3 cm³/mol. The van der Waals surface area contributed by atoms with Gasteiger partial charge in [-0.3, -0.25) is 4.79 Å². The quantitative estimate of drug-likeness (QED) is 0.887. The van der Waals surface area contributed by atoms with Crippen molar-refractivity contribution in [3.05, 3.63) is 28.3 Å². The van der Waals surface area contributed by atoms with Gasteiger partial charge in [0.05, 0.1) is 7.11 Å². The number of hydrogen-bond acceptors (Lipinski definition) is 2. The first kappa shape index (κ1) is 15.8. The Morgan fingerprint density at radius 1 is 1.37 bits per heavy atom. The van der Waals surface area contributed by atoms with E-state index < -0.39 is 5.97 Å². The Labute approximate surface area is 119 Å². The van der Waals surface area contributed by atoms with Crippen LogP contribution in [0.1, 0.15) is 44.7 Å². The minimum atomic E-state index is -0.781. The fraction of sp³-hybridized carbons (Fsp3) is 0.533. The molecule has 0 radical (unpaired) electrons. The Morgan fingerprint density at radius 2 is 2.00 bits per heavy atom. The molecule has 0 aliphatic heterocycles. The van der Waals surface area contributed by atoms with Crippen molar-refractivity contribution in [3.8, 4) is 5.75 Å². The second-order valence-corrected chi connectivity index (χ2v) is 6.08. The molecule has 106 valence electrons. The molecule has 0 saturated carbocycles. The highest BCUT2D eigenvalue weighted by Gasteiger charge is 2.22. The maximum Gasteiger partial charge on any atom is 0.303 e. The van der Waals surface area contributed by atoms with E-state index in [1.54, 1.807) is 7.11 Å². The Kier molecular flexibility index (Phi) is 5.24. The molecule has 0 heterocycles. The highest BCUT2D eigenvalue weighted by Crippen LogP contribution is 2.37. The zero-order chi connectivity index (χ0) is 14.6. The monoisotopic (exact) mass is 284 g/mol. The number of halogens is 1. The maximum absolute atomic E-state index is 10.6. The molecule has 0 aliphatic carbocycles. The summed E-state index contributed by atoms with van der Waals surface area (Å²) in [5.74, 6) is 0.0410. The van der Waals surface area contributed by atoms with E-state index in [0.717, 1.165) is 16.9 Å². The van der Waals surface area contributed by atoms with E-state index in [2.05, 4.69) is 20.8 Å². The van der Waals surface area contributed by atoms with Crippen molar-refractivity contribution in [1.82, 2.24) is 0 Å². The molecule has 1 aromatic carbocycles. The van der Waals surface area contributed by atoms with Gasteiger partial charge in [-0.1, -0.05) is 32.4 Å². The Bertz CT molecular complexity index is 461. The van der Waals surface area contributed by atoms with Crippen LogP contribution >= 0.6 is 11.6 Å². The van der Waals surface area contributed by atoms with Crippen LogP contribution in [0.2, 0.25) is 5.02 Å². The molecule has 1 N–H and O–H groups in total. The van der Waals surface area contributed by atoms with E-state index in [0.29, 0.717) is 17.9 Å². The number of methoxy groups -OCH3 is 1. The highest BCUT2D eigenvalue weighted by atomic mass is 35.5. The molecule has 0 atom stereocenters. The topological polar surface area (TPSA) is 46.5 Å². The number of carboxylic acids is 1. The van der Waals surface area contributed by atoms with Crippen LogP contribution < -0.4 is 4.74 Å². The number of carboxylic acid groups (broad SMARTS) is 1. The molecule has 0 aromatic heterocycles. The van der Waals surface area contributed by atoms with Gasteiger partial charge in [0.15, 0.2) is 0 Å². The SMILES string of the molecule is COc1c(CCCC(=O)O)cc(Cl)cc1C(C)(C)C. The zero-order valence-corrected chi connectivity index (χ0v) is 12.7. The van der Waals surface area contributed by atoms with Crippen LogP contribution in [0.15, 0.2) is 12.1 Å². The molecular weight excluding hydrogens is 264 g/mol. The lowest BCUT2D eigenvalue weighted by Gasteiger charge is -2.24. The van der Waals surface area contributed by atoms with Crippen molar-refractivity contribution >= 4 is 17.6 Å². The second kappa shape index (κ2) is 6.29. The second-order valence-electron chi connectivity index (χ2n) is 5.64. The molecule has 19 heavy (non-hydrogen) atoms. The van der Waals surface area contributed by atoms with Gasteiger partial charge in [0.2, 0.25) is 0 Å². The van der Waals surface area contributed by atoms with Gasteiger partial charge in [-0.2, -0.15) is 0 Å². The fourth-order valence-corrected chi connectivity index (χ4v) is 2.30. The van der Waals surface area contributed by atoms with Crippen molar-refractivity contribution in [2.45, 2.75) is 45.4 Å². The standard InChI is InChI=1S/C15H21ClO3/c1-15(2,3)12-9-11(16)8-10(14(12)19-4)6-5-7-13(17)18/h8-9H,5-7H2,1-4H3,(H,17,18). The number of aliphatic carboxylic acids is 1. The van der Waals surface area contributed by atoms with Crippen LogP contribution in [0.3, 0.4) is 0 Å². The highest BCUT2D eigenvalue weighted by molar-refractivity contribution is 6.30. The van der Waals surface area contributed by atoms with E-state index in [1.165, 1.54) is 0 Å². The lowest BCUT2D eigenvalue weighted by Crippen LogP contribution is -2.14. The van der Waals surface area contributed by atoms with Gasteiger partial charge in [0, 0.05) is 17.0 Å². The average molecular weight is 285 g/mol. The molecule has 0 unspecified atom stereocenters. The van der Waals surface area contributed by atoms with Crippen LogP contribution in [0.4, 0.5) is 0 Å². The molecule has 0 saturated heterocycles. The molecule has 0 amide bonds. The summed E-state index contributed by atoms with van der Waals surface area (Å²) in [4.78, 5) is 10.6. The molecule has 0 aliphatic rings. The van der Waals surface area contributed by atoms with Crippen molar-refractivity contribution in [3.63, 3.8) is 0 Å². The minimum absolute atomic E-state index is 0.0716. The summed E-state index contributed by atoms with van der Waals surface area (Å²) < 4.78 is 5.51. The van der Waals surface area contributed by atoms with Gasteiger partial charge < -0.3 is 9.84 Å². The fourth-order valence-electron chi connectivity index (χ4n) is 2.06. The van der Waals surface area contributed by atoms with Gasteiger partial charge >= 0.3 is 5.97 Å². The zero-order valence-electron chi connectivity index (χ0n) is 11.9. The number of benzene rings is 1. The Hall–Kier alpha value is -1.22. The van der Waals surface area contributed by atoms with Crippen LogP contribution in [-0.2, 0) is 16.6 Å². The van der Waals surface area contributed by atoms with Gasteiger partial charge in [-0.15, -0.1) is 0 Å². The minimum Gasteiger partial charge on any atom is -0.496 e. The van der Waals surface area contributed by atoms with Gasteiger partial charge in [0.1, 0.15) is 5.75 Å². The largest absolute Gasteiger partial charge is 0.496 e. The Balaban J connectivity index is 3.09. The molecule has 3 nitrogen and oxygen atoms in total. The summed E-state index contributed by atoms with van der Waals surface area (Å²) in [6.45, 7) is 6.30. The number of ether oxygens (including phenoxy) is 1. The van der Waals surface area contributed by atoms with Crippen molar-refractivity contribution in [1.29, 1.82) is 0 Å². The van der Waals surface area contributed by atoms with Crippen LogP contribution in [-0.4, -0.2) is 18.2 Å². The number of carbonyl (C=O) groups is 1. The lowest BCUT2D eigenvalue weighted by molar-refractivity contribution is -0.137. The van der Waals surface area contributed by atoms with Gasteiger partial charge in [0.25, 0.3) is 0 Å². The van der Waals surface area contributed by atoms with Gasteiger partial charge in [-0.05, 0) is 36.0 Å².